The molecule has 1 aliphatic rings. The van der Waals surface area contributed by atoms with Gasteiger partial charge in [0.2, 0.25) is 0 Å². The van der Waals surface area contributed by atoms with Crippen molar-refractivity contribution in [3.8, 4) is 0 Å². The van der Waals surface area contributed by atoms with Gasteiger partial charge in [-0.3, -0.25) is 9.89 Å². The molecule has 1 amide bonds. The van der Waals surface area contributed by atoms with Crippen LogP contribution in [0.15, 0.2) is 42.5 Å². The average molecular weight is 317 g/mol. The van der Waals surface area contributed by atoms with Gasteiger partial charge in [0.15, 0.2) is 5.69 Å². The van der Waals surface area contributed by atoms with Crippen LogP contribution in [0.1, 0.15) is 41.0 Å². The second-order valence-corrected chi connectivity index (χ2v) is 5.51. The Labute approximate surface area is 132 Å². The van der Waals surface area contributed by atoms with Gasteiger partial charge in [0.1, 0.15) is 5.69 Å². The molecule has 0 spiro atoms. The summed E-state index contributed by atoms with van der Waals surface area (Å²) in [5, 5.41) is 5.93. The highest BCUT2D eigenvalue weighted by Gasteiger charge is 2.33. The van der Waals surface area contributed by atoms with Gasteiger partial charge in [-0.15, -0.1) is 0 Å². The van der Waals surface area contributed by atoms with Crippen LogP contribution in [-0.2, 0) is 0 Å². The van der Waals surface area contributed by atoms with Crippen LogP contribution in [0.5, 0.6) is 0 Å². The highest BCUT2D eigenvalue weighted by molar-refractivity contribution is 5.93. The predicted molar refractivity (Wildman–Crippen MR) is 83.1 cm³/mol. The predicted octanol–water partition coefficient (Wildman–Crippen LogP) is 3.67. The quantitative estimate of drug-likeness (QED) is 0.884. The van der Waals surface area contributed by atoms with Crippen molar-refractivity contribution in [2.45, 2.75) is 25.3 Å². The molecule has 1 fully saturated rings. The van der Waals surface area contributed by atoms with Crippen LogP contribution in [0.25, 0.3) is 6.08 Å². The number of hydrogen-bond donors (Lipinski definition) is 1. The average Bonchev–Trinajstić information content (AvgIpc) is 3.26. The van der Waals surface area contributed by atoms with Crippen LogP contribution in [0.3, 0.4) is 0 Å². The van der Waals surface area contributed by atoms with Gasteiger partial charge in [0.05, 0.1) is 0 Å². The van der Waals surface area contributed by atoms with Crippen molar-refractivity contribution in [2.24, 2.45) is 0 Å². The minimum Gasteiger partial charge on any atom is -0.331 e. The summed E-state index contributed by atoms with van der Waals surface area (Å²) in [6.45, 7) is 0.440. The molecule has 3 rings (SSSR count). The Morgan fingerprint density at radius 1 is 1.35 bits per heavy atom. The van der Waals surface area contributed by atoms with E-state index < -0.39 is 6.43 Å². The second kappa shape index (κ2) is 6.73. The molecule has 23 heavy (non-hydrogen) atoms. The third-order valence-electron chi connectivity index (χ3n) is 3.71. The van der Waals surface area contributed by atoms with E-state index in [1.54, 1.807) is 4.90 Å². The van der Waals surface area contributed by atoms with Crippen LogP contribution in [0.2, 0.25) is 0 Å². The maximum absolute atomic E-state index is 12.6. The summed E-state index contributed by atoms with van der Waals surface area (Å²) < 4.78 is 25.2. The standard InChI is InChI=1S/C17H17F2N3O/c18-16(19)14-11-15(21-20-14)17(23)22(13-8-9-13)10-4-7-12-5-2-1-3-6-12/h1-7,11,13,16H,8-10H2,(H,20,21). The lowest BCUT2D eigenvalue weighted by Crippen LogP contribution is -2.33. The van der Waals surface area contributed by atoms with E-state index in [1.165, 1.54) is 0 Å². The van der Waals surface area contributed by atoms with Gasteiger partial charge in [-0.1, -0.05) is 42.5 Å². The number of aromatic nitrogens is 2. The smallest absolute Gasteiger partial charge is 0.279 e. The fourth-order valence-corrected chi connectivity index (χ4v) is 2.36. The third kappa shape index (κ3) is 3.83. The number of carbonyl (C=O) groups is 1. The zero-order valence-electron chi connectivity index (χ0n) is 12.5. The summed E-state index contributed by atoms with van der Waals surface area (Å²) in [6.07, 6.45) is 3.08. The number of aromatic amines is 1. The number of nitrogens with zero attached hydrogens (tertiary/aromatic N) is 2. The summed E-state index contributed by atoms with van der Waals surface area (Å²) in [7, 11) is 0. The molecule has 1 saturated carbocycles. The largest absolute Gasteiger partial charge is 0.331 e. The van der Waals surface area contributed by atoms with Gasteiger partial charge in [-0.2, -0.15) is 5.10 Å². The van der Waals surface area contributed by atoms with Crippen LogP contribution < -0.4 is 0 Å². The first-order valence-corrected chi connectivity index (χ1v) is 7.51. The van der Waals surface area contributed by atoms with E-state index in [9.17, 15) is 13.6 Å². The Kier molecular flexibility index (Phi) is 4.50. The van der Waals surface area contributed by atoms with Crippen LogP contribution in [0, 0.1) is 0 Å². The number of halogens is 2. The van der Waals surface area contributed by atoms with Gasteiger partial charge in [0.25, 0.3) is 12.3 Å². The molecule has 1 heterocycles. The second-order valence-electron chi connectivity index (χ2n) is 5.51. The van der Waals surface area contributed by atoms with Crippen molar-refractivity contribution < 1.29 is 13.6 Å². The molecule has 0 unspecified atom stereocenters. The molecule has 4 nitrogen and oxygen atoms in total. The Balaban J connectivity index is 1.68. The summed E-state index contributed by atoms with van der Waals surface area (Å²) >= 11 is 0. The maximum Gasteiger partial charge on any atom is 0.279 e. The molecular weight excluding hydrogens is 300 g/mol. The Morgan fingerprint density at radius 3 is 2.70 bits per heavy atom. The molecule has 0 saturated heterocycles. The van der Waals surface area contributed by atoms with E-state index >= 15 is 0 Å². The Bertz CT molecular complexity index is 693. The molecule has 6 heteroatoms. The van der Waals surface area contributed by atoms with Crippen molar-refractivity contribution >= 4 is 12.0 Å². The van der Waals surface area contributed by atoms with Crippen LogP contribution >= 0.6 is 0 Å². The third-order valence-corrected chi connectivity index (χ3v) is 3.71. The number of hydrogen-bond acceptors (Lipinski definition) is 2. The first-order chi connectivity index (χ1) is 11.1. The summed E-state index contributed by atoms with van der Waals surface area (Å²) in [6, 6.07) is 11.1. The number of H-pyrrole nitrogens is 1. The molecule has 1 aromatic carbocycles. The number of carbonyl (C=O) groups excluding carboxylic acids is 1. The van der Waals surface area contributed by atoms with Crippen molar-refractivity contribution in [3.63, 3.8) is 0 Å². The van der Waals surface area contributed by atoms with E-state index in [4.69, 9.17) is 0 Å². The molecule has 1 N–H and O–H groups in total. The highest BCUT2D eigenvalue weighted by atomic mass is 19.3. The minimum absolute atomic E-state index is 0.0420. The fourth-order valence-electron chi connectivity index (χ4n) is 2.36. The van der Waals surface area contributed by atoms with Crippen LogP contribution in [0.4, 0.5) is 8.78 Å². The van der Waals surface area contributed by atoms with E-state index in [0.29, 0.717) is 6.54 Å². The van der Waals surface area contributed by atoms with Crippen LogP contribution in [-0.4, -0.2) is 33.6 Å². The normalized spacial score (nSPS) is 14.6. The van der Waals surface area contributed by atoms with E-state index in [1.807, 2.05) is 42.5 Å². The van der Waals surface area contributed by atoms with Gasteiger partial charge in [0, 0.05) is 12.6 Å². The van der Waals surface area contributed by atoms with Gasteiger partial charge in [-0.25, -0.2) is 8.78 Å². The topological polar surface area (TPSA) is 49.0 Å². The monoisotopic (exact) mass is 317 g/mol. The summed E-state index contributed by atoms with van der Waals surface area (Å²) in [5.74, 6) is -0.312. The Morgan fingerprint density at radius 2 is 2.09 bits per heavy atom. The number of nitrogens with one attached hydrogen (secondary N) is 1. The molecule has 0 bridgehead atoms. The number of benzene rings is 1. The highest BCUT2D eigenvalue weighted by Crippen LogP contribution is 2.28. The van der Waals surface area contributed by atoms with E-state index in [-0.39, 0.29) is 23.3 Å². The Hall–Kier alpha value is -2.50. The number of alkyl halides is 2. The molecule has 0 aliphatic heterocycles. The summed E-state index contributed by atoms with van der Waals surface area (Å²) in [5.41, 5.74) is 0.764. The first kappa shape index (κ1) is 15.4. The fraction of sp³-hybridized carbons (Fsp3) is 0.294. The maximum atomic E-state index is 12.6. The SMILES string of the molecule is O=C(c1cc(C(F)F)[nH]n1)N(CC=Cc1ccccc1)C1CC1. The first-order valence-electron chi connectivity index (χ1n) is 7.51. The number of amides is 1. The zero-order valence-corrected chi connectivity index (χ0v) is 12.5. The molecule has 2 aromatic rings. The molecule has 0 atom stereocenters. The van der Waals surface area contributed by atoms with Crippen molar-refractivity contribution in [2.75, 3.05) is 6.54 Å². The molecule has 1 aliphatic carbocycles. The molecule has 1 aromatic heterocycles. The van der Waals surface area contributed by atoms with E-state index in [2.05, 4.69) is 10.2 Å². The zero-order chi connectivity index (χ0) is 16.2. The lowest BCUT2D eigenvalue weighted by atomic mass is 10.2. The lowest BCUT2D eigenvalue weighted by Gasteiger charge is -2.19. The molecule has 0 radical (unpaired) electrons. The minimum atomic E-state index is -2.66. The van der Waals surface area contributed by atoms with Gasteiger partial charge in [-0.05, 0) is 24.5 Å². The van der Waals surface area contributed by atoms with Gasteiger partial charge < -0.3 is 4.90 Å². The van der Waals surface area contributed by atoms with Crippen molar-refractivity contribution in [3.05, 3.63) is 59.4 Å². The van der Waals surface area contributed by atoms with Crippen molar-refractivity contribution in [1.29, 1.82) is 0 Å². The van der Waals surface area contributed by atoms with Gasteiger partial charge >= 0.3 is 0 Å². The summed E-state index contributed by atoms with van der Waals surface area (Å²) in [4.78, 5) is 14.2. The number of rotatable bonds is 6. The molecule has 120 valence electrons. The van der Waals surface area contributed by atoms with Crippen molar-refractivity contribution in [1.82, 2.24) is 15.1 Å². The molecular formula is C17H17F2N3O. The van der Waals surface area contributed by atoms with E-state index in [0.717, 1.165) is 24.5 Å². The lowest BCUT2D eigenvalue weighted by molar-refractivity contribution is 0.0757.